The minimum atomic E-state index is -0.0574. The van der Waals surface area contributed by atoms with E-state index in [4.69, 9.17) is 4.74 Å². The van der Waals surface area contributed by atoms with Gasteiger partial charge in [0.05, 0.1) is 13.7 Å². The summed E-state index contributed by atoms with van der Waals surface area (Å²) in [5, 5.41) is 22.8. The smallest absolute Gasteiger partial charge is 0.162 e. The topological polar surface area (TPSA) is 61.7 Å². The highest BCUT2D eigenvalue weighted by Crippen LogP contribution is 2.29. The summed E-state index contributed by atoms with van der Waals surface area (Å²) in [7, 11) is 1.53. The van der Waals surface area contributed by atoms with Crippen molar-refractivity contribution in [3.63, 3.8) is 0 Å². The molecule has 21 heavy (non-hydrogen) atoms. The molecule has 112 valence electrons. The van der Waals surface area contributed by atoms with Gasteiger partial charge < -0.3 is 20.3 Å². The highest BCUT2D eigenvalue weighted by molar-refractivity contribution is 5.45. The maximum atomic E-state index is 10.0. The number of aliphatic hydroxyl groups is 1. The van der Waals surface area contributed by atoms with Crippen LogP contribution in [0.1, 0.15) is 11.1 Å². The summed E-state index contributed by atoms with van der Waals surface area (Å²) in [4.78, 5) is 0. The average molecular weight is 287 g/mol. The number of ether oxygens (including phenoxy) is 1. The molecule has 0 saturated carbocycles. The number of benzene rings is 2. The van der Waals surface area contributed by atoms with Gasteiger partial charge in [-0.2, -0.15) is 0 Å². The second-order valence-corrected chi connectivity index (χ2v) is 4.92. The molecule has 0 aliphatic rings. The number of hydrogen-bond donors (Lipinski definition) is 3. The first-order valence-electron chi connectivity index (χ1n) is 6.97. The third-order valence-corrected chi connectivity index (χ3v) is 3.43. The summed E-state index contributed by atoms with van der Waals surface area (Å²) in [5.74, 6) is 0.599. The first kappa shape index (κ1) is 15.4. The minimum Gasteiger partial charge on any atom is -0.504 e. The van der Waals surface area contributed by atoms with Crippen LogP contribution in [-0.2, 0) is 13.0 Å². The summed E-state index contributed by atoms with van der Waals surface area (Å²) in [6.07, 6.45) is 0.738. The molecule has 0 aromatic heterocycles. The Morgan fingerprint density at radius 2 is 1.86 bits per heavy atom. The molecule has 0 amide bonds. The second-order valence-electron chi connectivity index (χ2n) is 4.92. The Morgan fingerprint density at radius 1 is 1.10 bits per heavy atom. The van der Waals surface area contributed by atoms with Crippen LogP contribution in [0.5, 0.6) is 11.5 Å². The highest BCUT2D eigenvalue weighted by atomic mass is 16.5. The van der Waals surface area contributed by atoms with Gasteiger partial charge in [-0.3, -0.25) is 0 Å². The zero-order valence-corrected chi connectivity index (χ0v) is 12.1. The van der Waals surface area contributed by atoms with Crippen molar-refractivity contribution >= 4 is 0 Å². The molecule has 0 saturated heterocycles. The van der Waals surface area contributed by atoms with Gasteiger partial charge in [0.2, 0.25) is 0 Å². The first-order valence-corrected chi connectivity index (χ1v) is 6.97. The summed E-state index contributed by atoms with van der Waals surface area (Å²) in [6, 6.07) is 15.3. The van der Waals surface area contributed by atoms with Gasteiger partial charge in [0.25, 0.3) is 0 Å². The van der Waals surface area contributed by atoms with E-state index in [1.807, 2.05) is 42.5 Å². The number of para-hydroxylation sites is 1. The van der Waals surface area contributed by atoms with E-state index in [0.717, 1.165) is 12.0 Å². The Bertz CT molecular complexity index is 557. The zero-order chi connectivity index (χ0) is 15.1. The minimum absolute atomic E-state index is 0.0413. The van der Waals surface area contributed by atoms with Crippen molar-refractivity contribution in [1.82, 2.24) is 5.32 Å². The van der Waals surface area contributed by atoms with Crippen LogP contribution >= 0.6 is 0 Å². The van der Waals surface area contributed by atoms with Crippen molar-refractivity contribution in [2.45, 2.75) is 19.0 Å². The number of nitrogens with one attached hydrogen (secondary N) is 1. The lowest BCUT2D eigenvalue weighted by molar-refractivity contribution is 0.240. The number of hydrogen-bond acceptors (Lipinski definition) is 4. The Morgan fingerprint density at radius 3 is 2.52 bits per heavy atom. The van der Waals surface area contributed by atoms with Crippen LogP contribution in [0.2, 0.25) is 0 Å². The second kappa shape index (κ2) is 7.67. The maximum Gasteiger partial charge on any atom is 0.162 e. The van der Waals surface area contributed by atoms with E-state index in [-0.39, 0.29) is 18.4 Å². The predicted octanol–water partition coefficient (Wildman–Crippen LogP) is 2.09. The van der Waals surface area contributed by atoms with Crippen molar-refractivity contribution in [2.24, 2.45) is 0 Å². The van der Waals surface area contributed by atoms with Crippen LogP contribution in [0.3, 0.4) is 0 Å². The number of rotatable bonds is 7. The van der Waals surface area contributed by atoms with Crippen molar-refractivity contribution in [1.29, 1.82) is 0 Å². The molecule has 0 unspecified atom stereocenters. The SMILES string of the molecule is COc1cccc(CN[C@H](CO)Cc2ccccc2)c1O. The quantitative estimate of drug-likeness (QED) is 0.730. The van der Waals surface area contributed by atoms with Crippen molar-refractivity contribution in [3.05, 3.63) is 59.7 Å². The van der Waals surface area contributed by atoms with E-state index in [1.165, 1.54) is 12.7 Å². The molecule has 0 heterocycles. The van der Waals surface area contributed by atoms with Gasteiger partial charge in [-0.15, -0.1) is 0 Å². The Balaban J connectivity index is 1.97. The summed E-state index contributed by atoms with van der Waals surface area (Å²) in [6.45, 7) is 0.515. The first-order chi connectivity index (χ1) is 10.2. The van der Waals surface area contributed by atoms with Gasteiger partial charge in [-0.1, -0.05) is 42.5 Å². The number of aliphatic hydroxyl groups excluding tert-OH is 1. The monoisotopic (exact) mass is 287 g/mol. The standard InChI is InChI=1S/C17H21NO3/c1-21-16-9-5-8-14(17(16)20)11-18-15(12-19)10-13-6-3-2-4-7-13/h2-9,15,18-20H,10-12H2,1H3/t15-/m0/s1. The highest BCUT2D eigenvalue weighted by Gasteiger charge is 2.11. The van der Waals surface area contributed by atoms with Gasteiger partial charge in [0, 0.05) is 18.2 Å². The van der Waals surface area contributed by atoms with E-state index < -0.39 is 0 Å². The van der Waals surface area contributed by atoms with E-state index in [0.29, 0.717) is 12.3 Å². The van der Waals surface area contributed by atoms with Gasteiger partial charge in [-0.05, 0) is 18.1 Å². The number of aromatic hydroxyl groups is 1. The number of methoxy groups -OCH3 is 1. The molecule has 0 fully saturated rings. The van der Waals surface area contributed by atoms with Crippen LogP contribution in [0.15, 0.2) is 48.5 Å². The molecule has 4 nitrogen and oxygen atoms in total. The van der Waals surface area contributed by atoms with E-state index in [2.05, 4.69) is 5.32 Å². The van der Waals surface area contributed by atoms with Crippen LogP contribution in [0.25, 0.3) is 0 Å². The fraction of sp³-hybridized carbons (Fsp3) is 0.294. The molecule has 0 aliphatic carbocycles. The molecule has 0 bridgehead atoms. The summed E-state index contributed by atoms with van der Waals surface area (Å²) < 4.78 is 5.09. The lowest BCUT2D eigenvalue weighted by Gasteiger charge is -2.17. The van der Waals surface area contributed by atoms with E-state index in [1.54, 1.807) is 6.07 Å². The largest absolute Gasteiger partial charge is 0.504 e. The molecule has 0 aliphatic heterocycles. The van der Waals surface area contributed by atoms with Crippen LogP contribution in [0, 0.1) is 0 Å². The van der Waals surface area contributed by atoms with E-state index >= 15 is 0 Å². The molecule has 0 radical (unpaired) electrons. The summed E-state index contributed by atoms with van der Waals surface area (Å²) in [5.41, 5.74) is 1.92. The molecule has 2 aromatic rings. The normalized spacial score (nSPS) is 12.1. The Kier molecular flexibility index (Phi) is 5.60. The molecule has 2 rings (SSSR count). The molecule has 4 heteroatoms. The van der Waals surface area contributed by atoms with Crippen LogP contribution in [-0.4, -0.2) is 30.0 Å². The van der Waals surface area contributed by atoms with Gasteiger partial charge in [-0.25, -0.2) is 0 Å². The summed E-state index contributed by atoms with van der Waals surface area (Å²) >= 11 is 0. The van der Waals surface area contributed by atoms with Gasteiger partial charge >= 0.3 is 0 Å². The molecule has 3 N–H and O–H groups in total. The molecular formula is C17H21NO3. The van der Waals surface area contributed by atoms with Crippen molar-refractivity contribution < 1.29 is 14.9 Å². The molecule has 0 spiro atoms. The Hall–Kier alpha value is -2.04. The predicted molar refractivity (Wildman–Crippen MR) is 82.5 cm³/mol. The van der Waals surface area contributed by atoms with Gasteiger partial charge in [0.1, 0.15) is 0 Å². The Labute approximate surface area is 125 Å². The number of phenols is 1. The molecular weight excluding hydrogens is 266 g/mol. The third kappa shape index (κ3) is 4.21. The zero-order valence-electron chi connectivity index (χ0n) is 12.1. The van der Waals surface area contributed by atoms with Crippen LogP contribution in [0.4, 0.5) is 0 Å². The lowest BCUT2D eigenvalue weighted by Crippen LogP contribution is -2.34. The maximum absolute atomic E-state index is 10.0. The fourth-order valence-electron chi connectivity index (χ4n) is 2.23. The average Bonchev–Trinajstić information content (AvgIpc) is 2.53. The fourth-order valence-corrected chi connectivity index (χ4v) is 2.23. The van der Waals surface area contributed by atoms with Gasteiger partial charge in [0.15, 0.2) is 11.5 Å². The van der Waals surface area contributed by atoms with Crippen LogP contribution < -0.4 is 10.1 Å². The van der Waals surface area contributed by atoms with Crippen molar-refractivity contribution in [3.8, 4) is 11.5 Å². The molecule has 2 aromatic carbocycles. The number of phenolic OH excluding ortho intramolecular Hbond substituents is 1. The molecule has 1 atom stereocenters. The van der Waals surface area contributed by atoms with E-state index in [9.17, 15) is 10.2 Å². The lowest BCUT2D eigenvalue weighted by atomic mass is 10.1. The van der Waals surface area contributed by atoms with Crippen molar-refractivity contribution in [2.75, 3.05) is 13.7 Å². The third-order valence-electron chi connectivity index (χ3n) is 3.43.